The number of nitrogens with one attached hydrogen (secondary N) is 2. The number of carbonyl (C=O) groups excluding carboxylic acids is 1. The number of benzene rings is 3. The minimum Gasteiger partial charge on any atom is -0.495 e. The Balaban J connectivity index is 1.82. The molecule has 0 spiro atoms. The summed E-state index contributed by atoms with van der Waals surface area (Å²) in [5.41, 5.74) is 1.47. The molecule has 0 saturated carbocycles. The first-order valence-electron chi connectivity index (χ1n) is 9.41. The molecule has 11 heteroatoms. The van der Waals surface area contributed by atoms with E-state index in [1.165, 1.54) is 31.4 Å². The normalized spacial score (nSPS) is 11.5. The molecule has 0 saturated heterocycles. The Hall–Kier alpha value is -3.73. The summed E-state index contributed by atoms with van der Waals surface area (Å²) in [6.07, 6.45) is -4.83. The molecule has 0 fully saturated rings. The molecule has 3 aromatic carbocycles. The van der Waals surface area contributed by atoms with Crippen molar-refractivity contribution < 1.29 is 35.9 Å². The zero-order valence-corrected chi connectivity index (χ0v) is 18.3. The fourth-order valence-corrected chi connectivity index (χ4v) is 4.06. The van der Waals surface area contributed by atoms with Crippen LogP contribution in [0.25, 0.3) is 0 Å². The van der Waals surface area contributed by atoms with E-state index in [9.17, 15) is 26.4 Å². The van der Waals surface area contributed by atoms with Crippen molar-refractivity contribution in [2.24, 2.45) is 0 Å². The Labute approximate surface area is 188 Å². The summed E-state index contributed by atoms with van der Waals surface area (Å²) < 4.78 is 74.0. The van der Waals surface area contributed by atoms with Gasteiger partial charge in [0.15, 0.2) is 0 Å². The van der Waals surface area contributed by atoms with Crippen LogP contribution < -0.4 is 19.5 Å². The minimum atomic E-state index is -4.83. The predicted octanol–water partition coefficient (Wildman–Crippen LogP) is 4.96. The standard InChI is InChI=1S/C22H19F3N2O5S/c1-14-3-6-17(7-4-14)27-33(29,30)20-13-15(5-12-19(20)31-2)21(28)26-16-8-10-18(11-9-16)32-22(23,24)25/h3-13,27H,1-2H3,(H,26,28). The van der Waals surface area contributed by atoms with E-state index in [1.54, 1.807) is 24.3 Å². The Bertz CT molecular complexity index is 1240. The number of hydrogen-bond acceptors (Lipinski definition) is 5. The van der Waals surface area contributed by atoms with E-state index in [4.69, 9.17) is 4.74 Å². The molecule has 0 aliphatic heterocycles. The molecule has 0 bridgehead atoms. The average molecular weight is 480 g/mol. The summed E-state index contributed by atoms with van der Waals surface area (Å²) in [7, 11) is -2.80. The van der Waals surface area contributed by atoms with Crippen LogP contribution in [-0.4, -0.2) is 27.8 Å². The second-order valence-electron chi connectivity index (χ2n) is 6.86. The first kappa shape index (κ1) is 23.9. The quantitative estimate of drug-likeness (QED) is 0.499. The number of ether oxygens (including phenoxy) is 2. The van der Waals surface area contributed by atoms with Crippen LogP contribution >= 0.6 is 0 Å². The molecule has 3 aromatic rings. The van der Waals surface area contributed by atoms with Gasteiger partial charge in [-0.15, -0.1) is 13.2 Å². The van der Waals surface area contributed by atoms with E-state index in [-0.39, 0.29) is 21.9 Å². The summed E-state index contributed by atoms with van der Waals surface area (Å²) >= 11 is 0. The van der Waals surface area contributed by atoms with Gasteiger partial charge in [-0.25, -0.2) is 8.42 Å². The van der Waals surface area contributed by atoms with Gasteiger partial charge < -0.3 is 14.8 Å². The third-order valence-corrected chi connectivity index (χ3v) is 5.77. The van der Waals surface area contributed by atoms with E-state index in [1.807, 2.05) is 6.92 Å². The molecule has 0 aliphatic carbocycles. The fraction of sp³-hybridized carbons (Fsp3) is 0.136. The minimum absolute atomic E-state index is 0.00398. The SMILES string of the molecule is COc1ccc(C(=O)Nc2ccc(OC(F)(F)F)cc2)cc1S(=O)(=O)Nc1ccc(C)cc1. The smallest absolute Gasteiger partial charge is 0.495 e. The highest BCUT2D eigenvalue weighted by Crippen LogP contribution is 2.28. The molecule has 0 aromatic heterocycles. The highest BCUT2D eigenvalue weighted by Gasteiger charge is 2.31. The molecule has 0 heterocycles. The van der Waals surface area contributed by atoms with Crippen LogP contribution in [0.1, 0.15) is 15.9 Å². The summed E-state index contributed by atoms with van der Waals surface area (Å²) in [5.74, 6) is -1.09. The van der Waals surface area contributed by atoms with Crippen molar-refractivity contribution in [2.45, 2.75) is 18.2 Å². The summed E-state index contributed by atoms with van der Waals surface area (Å²) in [6, 6.07) is 15.0. The van der Waals surface area contributed by atoms with Gasteiger partial charge in [0.2, 0.25) is 0 Å². The van der Waals surface area contributed by atoms with Gasteiger partial charge in [-0.2, -0.15) is 0 Å². The number of amides is 1. The first-order chi connectivity index (χ1) is 15.5. The Kier molecular flexibility index (Phi) is 6.82. The van der Waals surface area contributed by atoms with Crippen molar-refractivity contribution in [3.63, 3.8) is 0 Å². The highest BCUT2D eigenvalue weighted by molar-refractivity contribution is 7.92. The Morgan fingerprint density at radius 2 is 1.52 bits per heavy atom. The molecule has 0 aliphatic rings. The van der Waals surface area contributed by atoms with Crippen LogP contribution in [0.5, 0.6) is 11.5 Å². The highest BCUT2D eigenvalue weighted by atomic mass is 32.2. The molecule has 2 N–H and O–H groups in total. The lowest BCUT2D eigenvalue weighted by atomic mass is 10.2. The van der Waals surface area contributed by atoms with Gasteiger partial charge in [0.05, 0.1) is 7.11 Å². The summed E-state index contributed by atoms with van der Waals surface area (Å²) in [6.45, 7) is 1.86. The van der Waals surface area contributed by atoms with E-state index < -0.39 is 28.0 Å². The van der Waals surface area contributed by atoms with Crippen molar-refractivity contribution in [1.29, 1.82) is 0 Å². The molecular formula is C22H19F3N2O5S. The number of alkyl halides is 3. The van der Waals surface area contributed by atoms with E-state index >= 15 is 0 Å². The van der Waals surface area contributed by atoms with Crippen LogP contribution in [0.2, 0.25) is 0 Å². The van der Waals surface area contributed by atoms with Gasteiger partial charge in [0.1, 0.15) is 16.4 Å². The molecule has 0 atom stereocenters. The van der Waals surface area contributed by atoms with Gasteiger partial charge in [0, 0.05) is 16.9 Å². The maximum absolute atomic E-state index is 12.9. The van der Waals surface area contributed by atoms with Crippen molar-refractivity contribution >= 4 is 27.3 Å². The van der Waals surface area contributed by atoms with Crippen LogP contribution in [0.3, 0.4) is 0 Å². The Morgan fingerprint density at radius 3 is 2.09 bits per heavy atom. The lowest BCUT2D eigenvalue weighted by molar-refractivity contribution is -0.274. The average Bonchev–Trinajstić information content (AvgIpc) is 2.75. The lowest BCUT2D eigenvalue weighted by Gasteiger charge is -2.14. The number of methoxy groups -OCH3 is 1. The van der Waals surface area contributed by atoms with E-state index in [2.05, 4.69) is 14.8 Å². The van der Waals surface area contributed by atoms with Gasteiger partial charge >= 0.3 is 6.36 Å². The number of aryl methyl sites for hydroxylation is 1. The van der Waals surface area contributed by atoms with Gasteiger partial charge in [-0.1, -0.05) is 17.7 Å². The molecular weight excluding hydrogens is 461 g/mol. The second kappa shape index (κ2) is 9.41. The number of anilines is 2. The second-order valence-corrected chi connectivity index (χ2v) is 8.51. The predicted molar refractivity (Wildman–Crippen MR) is 116 cm³/mol. The largest absolute Gasteiger partial charge is 0.573 e. The van der Waals surface area contributed by atoms with E-state index in [0.29, 0.717) is 5.69 Å². The third kappa shape index (κ3) is 6.39. The van der Waals surface area contributed by atoms with Crippen molar-refractivity contribution in [2.75, 3.05) is 17.1 Å². The van der Waals surface area contributed by atoms with Crippen molar-refractivity contribution in [3.8, 4) is 11.5 Å². The zero-order chi connectivity index (χ0) is 24.2. The molecule has 1 amide bonds. The number of carbonyl (C=O) groups is 1. The van der Waals surface area contributed by atoms with Gasteiger partial charge in [0.25, 0.3) is 15.9 Å². The maximum Gasteiger partial charge on any atom is 0.573 e. The zero-order valence-electron chi connectivity index (χ0n) is 17.4. The molecule has 174 valence electrons. The van der Waals surface area contributed by atoms with Crippen molar-refractivity contribution in [3.05, 3.63) is 77.9 Å². The van der Waals surface area contributed by atoms with Gasteiger partial charge in [-0.3, -0.25) is 9.52 Å². The van der Waals surface area contributed by atoms with Crippen LogP contribution in [0.15, 0.2) is 71.6 Å². The Morgan fingerprint density at radius 1 is 0.909 bits per heavy atom. The number of sulfonamides is 1. The monoisotopic (exact) mass is 480 g/mol. The number of rotatable bonds is 7. The third-order valence-electron chi connectivity index (χ3n) is 4.36. The topological polar surface area (TPSA) is 93.7 Å². The van der Waals surface area contributed by atoms with Crippen LogP contribution in [-0.2, 0) is 10.0 Å². The van der Waals surface area contributed by atoms with E-state index in [0.717, 1.165) is 23.8 Å². The fourth-order valence-electron chi connectivity index (χ4n) is 2.80. The van der Waals surface area contributed by atoms with Crippen molar-refractivity contribution in [1.82, 2.24) is 0 Å². The maximum atomic E-state index is 12.9. The number of hydrogen-bond donors (Lipinski definition) is 2. The summed E-state index contributed by atoms with van der Waals surface area (Å²) in [5, 5.41) is 2.49. The molecule has 7 nitrogen and oxygen atoms in total. The molecule has 0 unspecified atom stereocenters. The van der Waals surface area contributed by atoms with Gasteiger partial charge in [-0.05, 0) is 61.5 Å². The van der Waals surface area contributed by atoms with Crippen LogP contribution in [0, 0.1) is 6.92 Å². The number of halogens is 3. The summed E-state index contributed by atoms with van der Waals surface area (Å²) in [4.78, 5) is 12.4. The molecule has 0 radical (unpaired) electrons. The molecule has 3 rings (SSSR count). The molecule has 33 heavy (non-hydrogen) atoms. The lowest BCUT2D eigenvalue weighted by Crippen LogP contribution is -2.17. The first-order valence-corrected chi connectivity index (χ1v) is 10.9. The van der Waals surface area contributed by atoms with Crippen LogP contribution in [0.4, 0.5) is 24.5 Å².